The standard InChI is InChI=1S/C22H21F3N6/c1-15-26-19-8-3-2-7-18(19)21-28-27-20(31(15)21)14-29-9-11-30(12-10-29)17-6-4-5-16(13-17)22(23,24)25/h2-8,13H,9-12,14H2,1H3. The van der Waals surface area contributed by atoms with E-state index in [2.05, 4.69) is 20.1 Å². The van der Waals surface area contributed by atoms with Crippen LogP contribution in [0.4, 0.5) is 18.9 Å². The zero-order valence-corrected chi connectivity index (χ0v) is 17.0. The van der Waals surface area contributed by atoms with E-state index in [0.29, 0.717) is 25.3 Å². The van der Waals surface area contributed by atoms with Crippen LogP contribution in [0.5, 0.6) is 0 Å². The van der Waals surface area contributed by atoms with Crippen molar-refractivity contribution in [1.82, 2.24) is 24.5 Å². The smallest absolute Gasteiger partial charge is 0.369 e. The Bertz CT molecular complexity index is 1240. The molecule has 1 fully saturated rings. The van der Waals surface area contributed by atoms with Gasteiger partial charge in [0.1, 0.15) is 5.82 Å². The lowest BCUT2D eigenvalue weighted by Gasteiger charge is -2.36. The van der Waals surface area contributed by atoms with Crippen LogP contribution in [0.3, 0.4) is 0 Å². The molecule has 0 unspecified atom stereocenters. The van der Waals surface area contributed by atoms with Crippen molar-refractivity contribution in [3.05, 3.63) is 65.7 Å². The van der Waals surface area contributed by atoms with E-state index in [0.717, 1.165) is 47.4 Å². The molecule has 2 aromatic heterocycles. The maximum atomic E-state index is 13.0. The number of piperazine rings is 1. The van der Waals surface area contributed by atoms with Gasteiger partial charge >= 0.3 is 6.18 Å². The third-order valence-corrected chi connectivity index (χ3v) is 5.76. The molecule has 6 nitrogen and oxygen atoms in total. The predicted octanol–water partition coefficient (Wildman–Crippen LogP) is 3.93. The first-order chi connectivity index (χ1) is 14.9. The second-order valence-corrected chi connectivity index (χ2v) is 7.76. The molecule has 0 saturated carbocycles. The molecule has 0 atom stereocenters. The largest absolute Gasteiger partial charge is 0.416 e. The maximum absolute atomic E-state index is 13.0. The van der Waals surface area contributed by atoms with Crippen LogP contribution in [0.2, 0.25) is 0 Å². The van der Waals surface area contributed by atoms with E-state index in [1.807, 2.05) is 40.5 Å². The molecule has 0 radical (unpaired) electrons. The van der Waals surface area contributed by atoms with Crippen LogP contribution in [0.25, 0.3) is 16.6 Å². The van der Waals surface area contributed by atoms with E-state index in [9.17, 15) is 13.2 Å². The molecule has 1 saturated heterocycles. The summed E-state index contributed by atoms with van der Waals surface area (Å²) < 4.78 is 41.0. The molecular weight excluding hydrogens is 405 g/mol. The number of rotatable bonds is 3. The van der Waals surface area contributed by atoms with Crippen LogP contribution in [0.15, 0.2) is 48.5 Å². The van der Waals surface area contributed by atoms with Gasteiger partial charge in [-0.05, 0) is 37.3 Å². The van der Waals surface area contributed by atoms with Gasteiger partial charge < -0.3 is 4.90 Å². The monoisotopic (exact) mass is 426 g/mol. The van der Waals surface area contributed by atoms with Gasteiger partial charge in [-0.25, -0.2) is 4.98 Å². The van der Waals surface area contributed by atoms with Crippen LogP contribution in [0.1, 0.15) is 17.2 Å². The summed E-state index contributed by atoms with van der Waals surface area (Å²) in [4.78, 5) is 8.91. The quantitative estimate of drug-likeness (QED) is 0.497. The summed E-state index contributed by atoms with van der Waals surface area (Å²) >= 11 is 0. The molecule has 0 spiro atoms. The Morgan fingerprint density at radius 2 is 1.71 bits per heavy atom. The zero-order valence-electron chi connectivity index (χ0n) is 17.0. The Morgan fingerprint density at radius 3 is 2.48 bits per heavy atom. The summed E-state index contributed by atoms with van der Waals surface area (Å²) in [7, 11) is 0. The third kappa shape index (κ3) is 3.69. The third-order valence-electron chi connectivity index (χ3n) is 5.76. The zero-order chi connectivity index (χ0) is 21.6. The number of benzene rings is 2. The number of alkyl halides is 3. The summed E-state index contributed by atoms with van der Waals surface area (Å²) in [6, 6.07) is 13.4. The van der Waals surface area contributed by atoms with E-state index in [1.165, 1.54) is 12.1 Å². The number of para-hydroxylation sites is 1. The molecule has 0 amide bonds. The fraction of sp³-hybridized carbons (Fsp3) is 0.318. The minimum atomic E-state index is -4.33. The summed E-state index contributed by atoms with van der Waals surface area (Å²) in [5.74, 6) is 1.65. The molecule has 0 bridgehead atoms. The number of aryl methyl sites for hydroxylation is 1. The van der Waals surface area contributed by atoms with Gasteiger partial charge in [-0.2, -0.15) is 13.2 Å². The normalized spacial score (nSPS) is 15.8. The van der Waals surface area contributed by atoms with Crippen LogP contribution in [0, 0.1) is 6.92 Å². The molecule has 4 aromatic rings. The molecule has 5 rings (SSSR count). The number of fused-ring (bicyclic) bond motifs is 3. The molecule has 160 valence electrons. The highest BCUT2D eigenvalue weighted by Crippen LogP contribution is 2.32. The van der Waals surface area contributed by atoms with E-state index >= 15 is 0 Å². The SMILES string of the molecule is Cc1nc2ccccc2c2nnc(CN3CCN(c4cccc(C(F)(F)F)c4)CC3)n12. The lowest BCUT2D eigenvalue weighted by Crippen LogP contribution is -2.46. The molecule has 9 heteroatoms. The Labute approximate surface area is 176 Å². The first-order valence-electron chi connectivity index (χ1n) is 10.1. The van der Waals surface area contributed by atoms with Gasteiger partial charge in [-0.3, -0.25) is 9.30 Å². The first-order valence-corrected chi connectivity index (χ1v) is 10.1. The van der Waals surface area contributed by atoms with Crippen LogP contribution < -0.4 is 4.90 Å². The predicted molar refractivity (Wildman–Crippen MR) is 112 cm³/mol. The number of anilines is 1. The average Bonchev–Trinajstić information content (AvgIpc) is 3.18. The Hall–Kier alpha value is -3.20. The fourth-order valence-electron chi connectivity index (χ4n) is 4.16. The summed E-state index contributed by atoms with van der Waals surface area (Å²) in [5, 5.41) is 9.77. The van der Waals surface area contributed by atoms with E-state index in [-0.39, 0.29) is 0 Å². The lowest BCUT2D eigenvalue weighted by atomic mass is 10.1. The van der Waals surface area contributed by atoms with Crippen molar-refractivity contribution in [3.8, 4) is 0 Å². The highest BCUT2D eigenvalue weighted by atomic mass is 19.4. The van der Waals surface area contributed by atoms with E-state index < -0.39 is 11.7 Å². The summed E-state index contributed by atoms with van der Waals surface area (Å²) in [6.07, 6.45) is -4.33. The fourth-order valence-corrected chi connectivity index (χ4v) is 4.16. The van der Waals surface area contributed by atoms with Crippen LogP contribution in [-0.2, 0) is 12.7 Å². The average molecular weight is 426 g/mol. The molecule has 1 aliphatic rings. The number of aromatic nitrogens is 4. The minimum Gasteiger partial charge on any atom is -0.369 e. The van der Waals surface area contributed by atoms with Gasteiger partial charge in [0.25, 0.3) is 0 Å². The second kappa shape index (κ2) is 7.49. The number of hydrogen-bond acceptors (Lipinski definition) is 5. The molecule has 0 N–H and O–H groups in total. The molecule has 3 heterocycles. The van der Waals surface area contributed by atoms with Gasteiger partial charge in [0, 0.05) is 37.3 Å². The van der Waals surface area contributed by atoms with Crippen LogP contribution in [-0.4, -0.2) is 50.7 Å². The molecule has 1 aliphatic heterocycles. The Balaban J connectivity index is 1.32. The van der Waals surface area contributed by atoms with Crippen molar-refractivity contribution in [3.63, 3.8) is 0 Å². The lowest BCUT2D eigenvalue weighted by molar-refractivity contribution is -0.137. The minimum absolute atomic E-state index is 0.605. The van der Waals surface area contributed by atoms with Gasteiger partial charge in [-0.1, -0.05) is 18.2 Å². The maximum Gasteiger partial charge on any atom is 0.416 e. The van der Waals surface area contributed by atoms with Crippen molar-refractivity contribution in [2.24, 2.45) is 0 Å². The van der Waals surface area contributed by atoms with Crippen molar-refractivity contribution in [2.45, 2.75) is 19.6 Å². The highest BCUT2D eigenvalue weighted by Gasteiger charge is 2.31. The number of halogens is 3. The topological polar surface area (TPSA) is 49.6 Å². The van der Waals surface area contributed by atoms with Gasteiger partial charge in [0.2, 0.25) is 0 Å². The van der Waals surface area contributed by atoms with Gasteiger partial charge in [0.15, 0.2) is 11.5 Å². The second-order valence-electron chi connectivity index (χ2n) is 7.76. The highest BCUT2D eigenvalue weighted by molar-refractivity contribution is 5.91. The van der Waals surface area contributed by atoms with Gasteiger partial charge in [-0.15, -0.1) is 10.2 Å². The molecular formula is C22H21F3N6. The summed E-state index contributed by atoms with van der Waals surface area (Å²) in [5.41, 5.74) is 1.67. The van der Waals surface area contributed by atoms with Gasteiger partial charge in [0.05, 0.1) is 17.6 Å². The van der Waals surface area contributed by atoms with Crippen molar-refractivity contribution in [2.75, 3.05) is 31.1 Å². The Kier molecular flexibility index (Phi) is 4.77. The van der Waals surface area contributed by atoms with Crippen molar-refractivity contribution in [1.29, 1.82) is 0 Å². The summed E-state index contributed by atoms with van der Waals surface area (Å²) in [6.45, 7) is 5.31. The molecule has 2 aromatic carbocycles. The van der Waals surface area contributed by atoms with E-state index in [1.54, 1.807) is 6.07 Å². The Morgan fingerprint density at radius 1 is 0.935 bits per heavy atom. The number of hydrogen-bond donors (Lipinski definition) is 0. The van der Waals surface area contributed by atoms with Crippen molar-refractivity contribution < 1.29 is 13.2 Å². The first kappa shape index (κ1) is 19.7. The van der Waals surface area contributed by atoms with Crippen LogP contribution >= 0.6 is 0 Å². The van der Waals surface area contributed by atoms with E-state index in [4.69, 9.17) is 0 Å². The molecule has 0 aliphatic carbocycles. The van der Waals surface area contributed by atoms with Crippen molar-refractivity contribution >= 4 is 22.2 Å². The molecule has 31 heavy (non-hydrogen) atoms. The number of nitrogens with zero attached hydrogens (tertiary/aromatic N) is 6.